The van der Waals surface area contributed by atoms with Gasteiger partial charge < -0.3 is 14.2 Å². The first-order chi connectivity index (χ1) is 17.9. The van der Waals surface area contributed by atoms with Gasteiger partial charge in [-0.3, -0.25) is 0 Å². The van der Waals surface area contributed by atoms with E-state index in [0.717, 1.165) is 34.5 Å². The average molecular weight is 489 g/mol. The lowest BCUT2D eigenvalue weighted by Crippen LogP contribution is -1.86. The van der Waals surface area contributed by atoms with E-state index in [-0.39, 0.29) is 0 Å². The Bertz CT molecular complexity index is 1260. The number of hydrogen-bond acceptors (Lipinski definition) is 3. The Kier molecular flexibility index (Phi) is 8.62. The molecule has 3 heteroatoms. The van der Waals surface area contributed by atoms with Crippen molar-refractivity contribution in [3.05, 3.63) is 144 Å². The van der Waals surface area contributed by atoms with Gasteiger partial charge >= 0.3 is 0 Å². The van der Waals surface area contributed by atoms with Gasteiger partial charge in [-0.05, 0) is 100 Å². The summed E-state index contributed by atoms with van der Waals surface area (Å²) in [6.07, 6.45) is 0. The fourth-order valence-corrected chi connectivity index (χ4v) is 3.41. The summed E-state index contributed by atoms with van der Waals surface area (Å²) >= 11 is 0. The van der Waals surface area contributed by atoms with Crippen LogP contribution in [0.1, 0.15) is 22.3 Å². The fourth-order valence-electron chi connectivity index (χ4n) is 3.41. The minimum atomic E-state index is 0.792. The molecular weight excluding hydrogens is 456 g/mol. The molecule has 0 atom stereocenters. The second-order valence-electron chi connectivity index (χ2n) is 9.03. The molecule has 0 radical (unpaired) electrons. The molecule has 5 aromatic carbocycles. The van der Waals surface area contributed by atoms with Gasteiger partial charge in [0.1, 0.15) is 34.5 Å². The molecule has 5 rings (SSSR count). The minimum Gasteiger partial charge on any atom is -0.457 e. The van der Waals surface area contributed by atoms with Crippen molar-refractivity contribution >= 4 is 0 Å². The van der Waals surface area contributed by atoms with Gasteiger partial charge in [-0.2, -0.15) is 0 Å². The summed E-state index contributed by atoms with van der Waals surface area (Å²) in [7, 11) is 0. The largest absolute Gasteiger partial charge is 0.457 e. The zero-order valence-electron chi connectivity index (χ0n) is 21.8. The van der Waals surface area contributed by atoms with Gasteiger partial charge in [0.2, 0.25) is 0 Å². The van der Waals surface area contributed by atoms with E-state index >= 15 is 0 Å². The third-order valence-electron chi connectivity index (χ3n) is 5.61. The van der Waals surface area contributed by atoms with E-state index in [1.54, 1.807) is 0 Å². The first-order valence-electron chi connectivity index (χ1n) is 12.3. The van der Waals surface area contributed by atoms with Crippen LogP contribution in [0.25, 0.3) is 0 Å². The van der Waals surface area contributed by atoms with E-state index in [1.165, 1.54) is 22.3 Å². The van der Waals surface area contributed by atoms with E-state index in [9.17, 15) is 0 Å². The van der Waals surface area contributed by atoms with Crippen LogP contribution >= 0.6 is 0 Å². The number of rotatable bonds is 6. The first kappa shape index (κ1) is 25.6. The summed E-state index contributed by atoms with van der Waals surface area (Å²) in [5, 5.41) is 0. The van der Waals surface area contributed by atoms with Crippen LogP contribution < -0.4 is 14.2 Å². The highest BCUT2D eigenvalue weighted by molar-refractivity contribution is 5.39. The van der Waals surface area contributed by atoms with Gasteiger partial charge in [-0.1, -0.05) is 70.8 Å². The fraction of sp³-hybridized carbons (Fsp3) is 0.118. The molecule has 0 unspecified atom stereocenters. The molecule has 0 spiro atoms. The molecule has 0 heterocycles. The van der Waals surface area contributed by atoms with Crippen LogP contribution in [0.2, 0.25) is 0 Å². The van der Waals surface area contributed by atoms with Crippen molar-refractivity contribution in [2.24, 2.45) is 0 Å². The topological polar surface area (TPSA) is 27.7 Å². The number of aryl methyl sites for hydroxylation is 4. The van der Waals surface area contributed by atoms with Crippen LogP contribution in [0, 0.1) is 27.7 Å². The molecule has 0 bridgehead atoms. The van der Waals surface area contributed by atoms with Crippen LogP contribution in [0.4, 0.5) is 0 Å². The molecule has 0 amide bonds. The Morgan fingerprint density at radius 3 is 0.541 bits per heavy atom. The number of hydrogen-bond donors (Lipinski definition) is 0. The van der Waals surface area contributed by atoms with E-state index in [0.29, 0.717) is 0 Å². The molecule has 37 heavy (non-hydrogen) atoms. The maximum atomic E-state index is 5.80. The second kappa shape index (κ2) is 12.5. The zero-order valence-corrected chi connectivity index (χ0v) is 21.8. The maximum Gasteiger partial charge on any atom is 0.127 e. The predicted molar refractivity (Wildman–Crippen MR) is 151 cm³/mol. The van der Waals surface area contributed by atoms with Gasteiger partial charge in [0.05, 0.1) is 0 Å². The van der Waals surface area contributed by atoms with Gasteiger partial charge in [-0.15, -0.1) is 0 Å². The lowest BCUT2D eigenvalue weighted by molar-refractivity contribution is 0.469. The van der Waals surface area contributed by atoms with Gasteiger partial charge in [0.25, 0.3) is 0 Å². The highest BCUT2D eigenvalue weighted by Crippen LogP contribution is 2.27. The van der Waals surface area contributed by atoms with Gasteiger partial charge in [0, 0.05) is 0 Å². The van der Waals surface area contributed by atoms with Crippen molar-refractivity contribution in [3.8, 4) is 34.5 Å². The van der Waals surface area contributed by atoms with E-state index in [4.69, 9.17) is 14.2 Å². The quantitative estimate of drug-likeness (QED) is 0.238. The van der Waals surface area contributed by atoms with Crippen LogP contribution in [-0.4, -0.2) is 0 Å². The monoisotopic (exact) mass is 488 g/mol. The zero-order chi connectivity index (χ0) is 26.0. The average Bonchev–Trinajstić information content (AvgIpc) is 2.91. The Hall–Kier alpha value is -4.50. The first-order valence-corrected chi connectivity index (χ1v) is 12.3. The smallest absolute Gasteiger partial charge is 0.127 e. The molecule has 3 nitrogen and oxygen atoms in total. The molecule has 0 fully saturated rings. The molecule has 0 N–H and O–H groups in total. The van der Waals surface area contributed by atoms with E-state index < -0.39 is 0 Å². The summed E-state index contributed by atoms with van der Waals surface area (Å²) in [6.45, 7) is 8.24. The summed E-state index contributed by atoms with van der Waals surface area (Å²) < 4.78 is 17.3. The summed E-state index contributed by atoms with van der Waals surface area (Å²) in [5.41, 5.74) is 4.92. The lowest BCUT2D eigenvalue weighted by Gasteiger charge is -2.08. The van der Waals surface area contributed by atoms with Gasteiger partial charge in [-0.25, -0.2) is 0 Å². The molecular formula is C34H32O3. The van der Waals surface area contributed by atoms with Crippen LogP contribution in [0.15, 0.2) is 121 Å². The van der Waals surface area contributed by atoms with Crippen molar-refractivity contribution < 1.29 is 14.2 Å². The van der Waals surface area contributed by atoms with Crippen molar-refractivity contribution in [1.29, 1.82) is 0 Å². The highest BCUT2D eigenvalue weighted by Gasteiger charge is 2.00. The Morgan fingerprint density at radius 1 is 0.243 bits per heavy atom. The SMILES string of the molecule is Cc1ccc(Oc2ccc(C)cc2)cc1.Cc1ccc(Oc2ccc(Oc3ccc(C)cc3)cc2)cc1. The summed E-state index contributed by atoms with van der Waals surface area (Å²) in [5.74, 6) is 5.00. The molecule has 0 aliphatic carbocycles. The van der Waals surface area contributed by atoms with Crippen molar-refractivity contribution in [2.45, 2.75) is 27.7 Å². The van der Waals surface area contributed by atoms with Crippen molar-refractivity contribution in [3.63, 3.8) is 0 Å². The normalized spacial score (nSPS) is 10.2. The molecule has 0 aliphatic rings. The second-order valence-corrected chi connectivity index (χ2v) is 9.03. The maximum absolute atomic E-state index is 5.80. The van der Waals surface area contributed by atoms with E-state index in [1.807, 2.05) is 121 Å². The number of benzene rings is 5. The van der Waals surface area contributed by atoms with Gasteiger partial charge in [0.15, 0.2) is 0 Å². The summed E-state index contributed by atoms with van der Waals surface area (Å²) in [6, 6.07) is 39.7. The molecule has 0 aromatic heterocycles. The minimum absolute atomic E-state index is 0.792. The van der Waals surface area contributed by atoms with Crippen LogP contribution in [0.5, 0.6) is 34.5 Å². The highest BCUT2D eigenvalue weighted by atomic mass is 16.5. The molecule has 186 valence electrons. The molecule has 5 aromatic rings. The summed E-state index contributed by atoms with van der Waals surface area (Å²) in [4.78, 5) is 0. The molecule has 0 aliphatic heterocycles. The Labute approximate surface area is 219 Å². The van der Waals surface area contributed by atoms with Crippen molar-refractivity contribution in [1.82, 2.24) is 0 Å². The third kappa shape index (κ3) is 8.29. The molecule has 0 saturated heterocycles. The van der Waals surface area contributed by atoms with Crippen LogP contribution in [0.3, 0.4) is 0 Å². The van der Waals surface area contributed by atoms with Crippen molar-refractivity contribution in [2.75, 3.05) is 0 Å². The predicted octanol–water partition coefficient (Wildman–Crippen LogP) is 9.98. The van der Waals surface area contributed by atoms with Crippen LogP contribution in [-0.2, 0) is 0 Å². The lowest BCUT2D eigenvalue weighted by atomic mass is 10.2. The van der Waals surface area contributed by atoms with E-state index in [2.05, 4.69) is 27.7 Å². The molecule has 0 saturated carbocycles. The third-order valence-corrected chi connectivity index (χ3v) is 5.61. The standard InChI is InChI=1S/C20H18O2.C14H14O/c1-15-3-7-17(8-4-15)21-19-11-13-20(14-12-19)22-18-9-5-16(2)6-10-18;1-11-3-7-13(8-4-11)15-14-9-5-12(2)6-10-14/h3-14H,1-2H3;3-10H,1-2H3. The Morgan fingerprint density at radius 2 is 0.378 bits per heavy atom. The number of ether oxygens (including phenoxy) is 3. The Balaban J connectivity index is 0.000000186.